The normalized spacial score (nSPS) is 12.7. The Morgan fingerprint density at radius 2 is 0.972 bits per heavy atom. The molecule has 1 aliphatic carbocycles. The van der Waals surface area contributed by atoms with Gasteiger partial charge in [-0.1, -0.05) is 35.3 Å². The van der Waals surface area contributed by atoms with Crippen molar-refractivity contribution in [2.75, 3.05) is 0 Å². The van der Waals surface area contributed by atoms with Crippen molar-refractivity contribution in [2.45, 2.75) is 0 Å². The minimum absolute atomic E-state index is 0. The molecule has 0 bridgehead atoms. The van der Waals surface area contributed by atoms with Crippen LogP contribution >= 0.6 is 34.9 Å². The number of carbonyl (C=O) groups excluding carboxylic acids is 2. The van der Waals surface area contributed by atoms with Gasteiger partial charge in [0.05, 0.1) is 21.8 Å². The number of H-pyrrole nitrogens is 2. The first-order valence-corrected chi connectivity index (χ1v) is 10.8. The Balaban J connectivity index is 0.000000378. The van der Waals surface area contributed by atoms with Crippen LogP contribution in [0.15, 0.2) is 82.8 Å². The number of ketones is 2. The van der Waals surface area contributed by atoms with E-state index < -0.39 is 33.1 Å². The van der Waals surface area contributed by atoms with E-state index in [9.17, 15) is 19.8 Å². The third-order valence-corrected chi connectivity index (χ3v) is 5.90. The van der Waals surface area contributed by atoms with Crippen molar-refractivity contribution in [2.24, 2.45) is 0 Å². The lowest BCUT2D eigenvalue weighted by molar-refractivity contribution is -0.378. The summed E-state index contributed by atoms with van der Waals surface area (Å²) in [5, 5.41) is 19.6. The lowest BCUT2D eigenvalue weighted by Gasteiger charge is -2.23. The highest BCUT2D eigenvalue weighted by Crippen LogP contribution is 2.33. The quantitative estimate of drug-likeness (QED) is 0.281. The molecule has 3 heterocycles. The molecule has 0 aliphatic heterocycles. The molecule has 0 fully saturated rings. The summed E-state index contributed by atoms with van der Waals surface area (Å²) < 4.78 is 8.99. The number of hydrogen-bond acceptors (Lipinski definition) is 7. The molecular weight excluding hydrogens is 535 g/mol. The molecule has 0 unspecified atom stereocenters. The molecule has 3 aromatic heterocycles. The highest BCUT2D eigenvalue weighted by Gasteiger charge is 2.22. The number of rotatable bonds is 2. The fourth-order valence-electron chi connectivity index (χ4n) is 3.07. The van der Waals surface area contributed by atoms with Crippen LogP contribution < -0.4 is 20.2 Å². The van der Waals surface area contributed by atoms with E-state index in [-0.39, 0.29) is 16.4 Å². The van der Waals surface area contributed by atoms with E-state index in [1.54, 1.807) is 0 Å². The van der Waals surface area contributed by atoms with E-state index >= 15 is 0 Å². The second kappa shape index (κ2) is 12.8. The molecule has 11 nitrogen and oxygen atoms in total. The van der Waals surface area contributed by atoms with Gasteiger partial charge >= 0.3 is 0 Å². The first-order valence-electron chi connectivity index (χ1n) is 9.31. The van der Waals surface area contributed by atoms with Gasteiger partial charge in [0.1, 0.15) is 11.0 Å². The minimum atomic E-state index is -1.23. The van der Waals surface area contributed by atoms with Crippen molar-refractivity contribution in [1.82, 2.24) is 8.75 Å². The van der Waals surface area contributed by atoms with E-state index in [0.29, 0.717) is 0 Å². The maximum Gasteiger partial charge on any atom is 0.190 e. The van der Waals surface area contributed by atoms with Gasteiger partial charge in [0.2, 0.25) is 0 Å². The smallest absolute Gasteiger partial charge is 0.190 e. The van der Waals surface area contributed by atoms with E-state index in [0.717, 1.165) is 33.3 Å². The number of pyridine rings is 2. The molecule has 8 N–H and O–H groups in total. The van der Waals surface area contributed by atoms with Crippen molar-refractivity contribution in [3.05, 3.63) is 82.8 Å². The molecule has 0 spiro atoms. The van der Waals surface area contributed by atoms with Gasteiger partial charge in [-0.3, -0.25) is 9.59 Å². The van der Waals surface area contributed by atoms with E-state index in [2.05, 4.69) is 30.8 Å². The summed E-state index contributed by atoms with van der Waals surface area (Å²) in [4.78, 5) is 27.5. The third kappa shape index (κ3) is 5.71. The van der Waals surface area contributed by atoms with Gasteiger partial charge in [0, 0.05) is 35.4 Å². The van der Waals surface area contributed by atoms with Gasteiger partial charge in [0.15, 0.2) is 36.4 Å². The molecule has 36 heavy (non-hydrogen) atoms. The van der Waals surface area contributed by atoms with Crippen LogP contribution in [-0.4, -0.2) is 36.7 Å². The van der Waals surface area contributed by atoms with Crippen LogP contribution in [0.4, 0.5) is 0 Å². The minimum Gasteiger partial charge on any atom is -0.869 e. The van der Waals surface area contributed by atoms with Gasteiger partial charge in [-0.05, 0) is 22.6 Å². The number of fused-ring (bicyclic) bond motifs is 1. The molecule has 0 amide bonds. The summed E-state index contributed by atoms with van der Waals surface area (Å²) in [7, 11) is 0. The highest BCUT2D eigenvalue weighted by molar-refractivity contribution is 7.00. The summed E-state index contributed by atoms with van der Waals surface area (Å²) in [6.45, 7) is 0. The van der Waals surface area contributed by atoms with Crippen molar-refractivity contribution < 1.29 is 46.2 Å². The van der Waals surface area contributed by atoms with E-state index in [1.165, 1.54) is 11.7 Å². The van der Waals surface area contributed by atoms with Gasteiger partial charge < -0.3 is 26.6 Å². The number of nitrogens with one attached hydrogen (secondary N) is 2. The van der Waals surface area contributed by atoms with Crippen LogP contribution in [0.2, 0.25) is 0 Å². The predicted molar refractivity (Wildman–Crippen MR) is 128 cm³/mol. The van der Waals surface area contributed by atoms with Crippen LogP contribution in [0, 0.1) is 0 Å². The first-order chi connectivity index (χ1) is 15.9. The van der Waals surface area contributed by atoms with Crippen molar-refractivity contribution in [1.29, 1.82) is 0 Å². The third-order valence-electron chi connectivity index (χ3n) is 4.68. The standard InChI is InChI=1S/C16H10N4S.C6H2Cl2O4.3H2O/c1-2-14(12-5-9-18-10-6-12)16-15(19-21-20-16)13(1)11-3-7-17-8-4-11;7-1-3(9)5(11)2(8)6(12)4(1)10;;;/h1-10H;9,12H;3*1H2. The number of aromatic nitrogens is 4. The van der Waals surface area contributed by atoms with Crippen molar-refractivity contribution in [3.63, 3.8) is 0 Å². The molecule has 188 valence electrons. The molecule has 0 saturated carbocycles. The molecule has 0 saturated heterocycles. The highest BCUT2D eigenvalue weighted by atomic mass is 35.5. The zero-order valence-corrected chi connectivity index (χ0v) is 20.3. The van der Waals surface area contributed by atoms with E-state index in [4.69, 9.17) is 23.2 Å². The molecule has 5 rings (SSSR count). The molecule has 0 radical (unpaired) electrons. The van der Waals surface area contributed by atoms with Crippen LogP contribution in [0.3, 0.4) is 0 Å². The zero-order valence-electron chi connectivity index (χ0n) is 18.0. The largest absolute Gasteiger partial charge is 0.869 e. The number of Topliss-reactive ketones (excluding diaryl/α,β-unsaturated/α-hetero) is 2. The Labute approximate surface area is 217 Å². The maximum absolute atomic E-state index is 10.7. The number of nitrogens with zero attached hydrogens (tertiary/aromatic N) is 2. The SMILES string of the molecule is O.O.O.O=C1C([O-])=C(Cl)C(=O)C([O-])=C1Cl.c1cc(-c2ccc(-c3cc[nH+]cc3)c3nsnc23)cc[nH+]1. The molecule has 0 atom stereocenters. The summed E-state index contributed by atoms with van der Waals surface area (Å²) in [5.74, 6) is -4.92. The summed E-state index contributed by atoms with van der Waals surface area (Å²) in [6.07, 6.45) is 7.67. The number of allylic oxidation sites excluding steroid dienone is 2. The Hall–Kier alpha value is -3.78. The van der Waals surface area contributed by atoms with Crippen LogP contribution in [-0.2, 0) is 9.59 Å². The second-order valence-corrected chi connectivity index (χ2v) is 7.93. The average Bonchev–Trinajstić information content (AvgIpc) is 3.36. The van der Waals surface area contributed by atoms with Crippen LogP contribution in [0.5, 0.6) is 0 Å². The molecule has 1 aliphatic rings. The number of carbonyl (C=O) groups is 2. The lowest BCUT2D eigenvalue weighted by Crippen LogP contribution is -2.31. The van der Waals surface area contributed by atoms with Crippen LogP contribution in [0.1, 0.15) is 0 Å². The summed E-state index contributed by atoms with van der Waals surface area (Å²) in [5.41, 5.74) is 6.41. The molecular formula is C22H18Cl2N4O7S. The summed E-state index contributed by atoms with van der Waals surface area (Å²) >= 11 is 11.4. The Morgan fingerprint density at radius 1 is 0.639 bits per heavy atom. The fraction of sp³-hybridized carbons (Fsp3) is 0. The molecule has 4 aromatic rings. The second-order valence-electron chi connectivity index (χ2n) is 6.64. The topological polar surface area (TPSA) is 229 Å². The number of hydrogen-bond donors (Lipinski definition) is 0. The number of aromatic amines is 2. The first kappa shape index (κ1) is 30.3. The maximum atomic E-state index is 10.7. The Morgan fingerprint density at radius 3 is 1.31 bits per heavy atom. The van der Waals surface area contributed by atoms with Crippen molar-refractivity contribution >= 4 is 57.5 Å². The van der Waals surface area contributed by atoms with Gasteiger partial charge in [-0.25, -0.2) is 9.97 Å². The van der Waals surface area contributed by atoms with Gasteiger partial charge in [-0.2, -0.15) is 8.75 Å². The lowest BCUT2D eigenvalue weighted by atomic mass is 9.99. The zero-order chi connectivity index (χ0) is 23.5. The molecule has 1 aromatic carbocycles. The average molecular weight is 553 g/mol. The molecule has 14 heteroatoms. The van der Waals surface area contributed by atoms with E-state index in [1.807, 2.05) is 49.1 Å². The van der Waals surface area contributed by atoms with Gasteiger partial charge in [0.25, 0.3) is 0 Å². The Bertz CT molecular complexity index is 1310. The summed E-state index contributed by atoms with van der Waals surface area (Å²) in [6, 6.07) is 12.4. The Kier molecular flexibility index (Phi) is 10.7. The van der Waals surface area contributed by atoms with Crippen LogP contribution in [0.25, 0.3) is 33.3 Å². The monoisotopic (exact) mass is 552 g/mol. The van der Waals surface area contributed by atoms with Crippen molar-refractivity contribution in [3.8, 4) is 22.3 Å². The van der Waals surface area contributed by atoms with Gasteiger partial charge in [-0.15, -0.1) is 0 Å². The number of benzene rings is 1. The number of halogens is 2. The fourth-order valence-corrected chi connectivity index (χ4v) is 3.99. The predicted octanol–water partition coefficient (Wildman–Crippen LogP) is -1.06.